The van der Waals surface area contributed by atoms with Crippen LogP contribution in [0, 0.1) is 0 Å². The summed E-state index contributed by atoms with van der Waals surface area (Å²) >= 11 is 0. The van der Waals surface area contributed by atoms with E-state index < -0.39 is 0 Å². The third-order valence-corrected chi connectivity index (χ3v) is 0.455. The van der Waals surface area contributed by atoms with Gasteiger partial charge in [-0.15, -0.1) is 0 Å². The van der Waals surface area contributed by atoms with E-state index in [9.17, 15) is 0 Å². The highest BCUT2D eigenvalue weighted by molar-refractivity contribution is 4.86. The van der Waals surface area contributed by atoms with Crippen LogP contribution >= 0.6 is 0 Å². The van der Waals surface area contributed by atoms with Gasteiger partial charge in [0.1, 0.15) is 0 Å². The van der Waals surface area contributed by atoms with Crippen molar-refractivity contribution in [3.63, 3.8) is 0 Å². The van der Waals surface area contributed by atoms with Gasteiger partial charge in [-0.25, -0.2) is 0 Å². The highest BCUT2D eigenvalue weighted by atomic mass is 14.5. The molecule has 0 spiro atoms. The van der Waals surface area contributed by atoms with Gasteiger partial charge < -0.3 is 5.73 Å². The number of nitrogens with two attached hydrogens (primary N) is 1. The van der Waals surface area contributed by atoms with Gasteiger partial charge in [-0.05, 0) is 13.8 Å². The van der Waals surface area contributed by atoms with Gasteiger partial charge in [0.25, 0.3) is 0 Å². The molecule has 0 aliphatic rings. The molecule has 0 aliphatic carbocycles. The summed E-state index contributed by atoms with van der Waals surface area (Å²) in [5, 5.41) is 0. The summed E-state index contributed by atoms with van der Waals surface area (Å²) in [6.45, 7) is 3.77. The molecule has 30 valence electrons. The van der Waals surface area contributed by atoms with E-state index in [-0.39, 0.29) is 0 Å². The zero-order valence-corrected chi connectivity index (χ0v) is 3.65. The molecule has 0 saturated heterocycles. The van der Waals surface area contributed by atoms with Crippen molar-refractivity contribution in [3.8, 4) is 0 Å². The molecule has 0 bridgehead atoms. The molecule has 2 N–H and O–H groups in total. The van der Waals surface area contributed by atoms with Crippen molar-refractivity contribution in [1.29, 1.82) is 0 Å². The second kappa shape index (κ2) is 1.82. The van der Waals surface area contributed by atoms with E-state index in [2.05, 4.69) is 0 Å². The Morgan fingerprint density at radius 2 is 2.00 bits per heavy atom. The van der Waals surface area contributed by atoms with Crippen molar-refractivity contribution in [2.24, 2.45) is 5.73 Å². The molecule has 0 aromatic heterocycles. The summed E-state index contributed by atoms with van der Waals surface area (Å²) in [4.78, 5) is 0. The van der Waals surface area contributed by atoms with Gasteiger partial charge in [-0.1, -0.05) is 6.08 Å². The molecule has 0 heterocycles. The summed E-state index contributed by atoms with van der Waals surface area (Å²) in [5.41, 5.74) is 6.03. The summed E-state index contributed by atoms with van der Waals surface area (Å²) in [7, 11) is 0. The average Bonchev–Trinajstić information content (AvgIpc) is 1.38. The van der Waals surface area contributed by atoms with Crippen LogP contribution in [0.15, 0.2) is 11.8 Å². The Balaban J connectivity index is 3.14. The lowest BCUT2D eigenvalue weighted by molar-refractivity contribution is 1.29. The minimum Gasteiger partial charge on any atom is -0.403 e. The van der Waals surface area contributed by atoms with Crippen molar-refractivity contribution in [3.05, 3.63) is 11.8 Å². The molecule has 0 radical (unpaired) electrons. The van der Waals surface area contributed by atoms with E-state index in [0.29, 0.717) is 0 Å². The van der Waals surface area contributed by atoms with Crippen LogP contribution < -0.4 is 5.73 Å². The number of hydrogen-bond acceptors (Lipinski definition) is 1. The number of allylic oxidation sites excluding steroid dienone is 2. The number of rotatable bonds is 0. The van der Waals surface area contributed by atoms with Crippen LogP contribution in [0.4, 0.5) is 0 Å². The van der Waals surface area contributed by atoms with Crippen LogP contribution in [0.5, 0.6) is 0 Å². The molecule has 0 aromatic carbocycles. The van der Waals surface area contributed by atoms with Crippen LogP contribution in [-0.2, 0) is 0 Å². The van der Waals surface area contributed by atoms with Gasteiger partial charge in [0.05, 0.1) is 0 Å². The first-order valence-electron chi connectivity index (χ1n) is 1.65. The van der Waals surface area contributed by atoms with Gasteiger partial charge in [-0.3, -0.25) is 0 Å². The zero-order chi connectivity index (χ0) is 4.28. The first-order valence-corrected chi connectivity index (χ1v) is 1.65. The second-order valence-electron chi connectivity index (χ2n) is 1.03. The normalized spacial score (nSPS) is 12.0. The molecule has 5 heavy (non-hydrogen) atoms. The monoisotopic (exact) mass is 71.1 g/mol. The topological polar surface area (TPSA) is 26.0 Å². The Morgan fingerprint density at radius 3 is 2.00 bits per heavy atom. The van der Waals surface area contributed by atoms with Gasteiger partial charge in [0, 0.05) is 5.70 Å². The Hall–Kier alpha value is -0.460. The van der Waals surface area contributed by atoms with E-state index in [0.717, 1.165) is 5.70 Å². The maximum Gasteiger partial charge on any atom is 0.000552 e. The van der Waals surface area contributed by atoms with Gasteiger partial charge in [0.2, 0.25) is 0 Å². The van der Waals surface area contributed by atoms with Crippen molar-refractivity contribution in [2.75, 3.05) is 0 Å². The molecule has 0 rings (SSSR count). The Labute approximate surface area is 32.5 Å². The molecular weight excluding hydrogens is 62.1 g/mol. The van der Waals surface area contributed by atoms with Crippen molar-refractivity contribution < 1.29 is 0 Å². The highest BCUT2D eigenvalue weighted by Crippen LogP contribution is 1.71. The van der Waals surface area contributed by atoms with E-state index in [1.54, 1.807) is 0 Å². The fourth-order valence-electron chi connectivity index (χ4n) is 0. The van der Waals surface area contributed by atoms with Crippen LogP contribution in [0.2, 0.25) is 0 Å². The fraction of sp³-hybridized carbons (Fsp3) is 0.500. The maximum atomic E-state index is 5.15. The standard InChI is InChI=1S/C4H9N/c1-3-4(2)5/h3H,5H2,1-2H3. The SMILES string of the molecule is CC=C(C)N. The van der Waals surface area contributed by atoms with E-state index >= 15 is 0 Å². The third kappa shape index (κ3) is 3.54. The minimum absolute atomic E-state index is 0.880. The van der Waals surface area contributed by atoms with Gasteiger partial charge in [-0.2, -0.15) is 0 Å². The fourth-order valence-corrected chi connectivity index (χ4v) is 0. The predicted molar refractivity (Wildman–Crippen MR) is 23.6 cm³/mol. The Bertz CT molecular complexity index is 41.6. The lowest BCUT2D eigenvalue weighted by atomic mass is 10.5. The smallest absolute Gasteiger partial charge is 0.000552 e. The van der Waals surface area contributed by atoms with E-state index in [4.69, 9.17) is 5.73 Å². The molecule has 1 nitrogen and oxygen atoms in total. The Morgan fingerprint density at radius 1 is 1.80 bits per heavy atom. The first kappa shape index (κ1) is 4.54. The zero-order valence-electron chi connectivity index (χ0n) is 3.65. The third-order valence-electron chi connectivity index (χ3n) is 0.455. The van der Waals surface area contributed by atoms with Crippen LogP contribution in [0.3, 0.4) is 0 Å². The van der Waals surface area contributed by atoms with Crippen LogP contribution in [-0.4, -0.2) is 0 Å². The molecule has 0 amide bonds. The summed E-state index contributed by atoms with van der Waals surface area (Å²) in [6, 6.07) is 0. The molecule has 0 saturated carbocycles. The van der Waals surface area contributed by atoms with Crippen LogP contribution in [0.25, 0.3) is 0 Å². The van der Waals surface area contributed by atoms with Gasteiger partial charge >= 0.3 is 0 Å². The predicted octanol–water partition coefficient (Wildman–Crippen LogP) is 0.869. The largest absolute Gasteiger partial charge is 0.403 e. The van der Waals surface area contributed by atoms with Crippen molar-refractivity contribution in [1.82, 2.24) is 0 Å². The van der Waals surface area contributed by atoms with Crippen LogP contribution in [0.1, 0.15) is 13.8 Å². The molecule has 0 aliphatic heterocycles. The second-order valence-corrected chi connectivity index (χ2v) is 1.03. The maximum absolute atomic E-state index is 5.15. The number of hydrogen-bond donors (Lipinski definition) is 1. The molecular formula is C4H9N. The van der Waals surface area contributed by atoms with E-state index in [1.165, 1.54) is 0 Å². The lowest BCUT2D eigenvalue weighted by Crippen LogP contribution is -1.86. The molecule has 0 aromatic rings. The average molecular weight is 71.1 g/mol. The Kier molecular flexibility index (Phi) is 1.65. The minimum atomic E-state index is 0.880. The molecule has 0 atom stereocenters. The molecule has 0 unspecified atom stereocenters. The summed E-state index contributed by atoms with van der Waals surface area (Å²) in [5.74, 6) is 0. The molecule has 1 heteroatoms. The molecule has 0 fully saturated rings. The van der Waals surface area contributed by atoms with Gasteiger partial charge in [0.15, 0.2) is 0 Å². The first-order chi connectivity index (χ1) is 2.27. The van der Waals surface area contributed by atoms with Crippen molar-refractivity contribution >= 4 is 0 Å². The van der Waals surface area contributed by atoms with Crippen molar-refractivity contribution in [2.45, 2.75) is 13.8 Å². The quantitative estimate of drug-likeness (QED) is 0.450. The van der Waals surface area contributed by atoms with E-state index in [1.807, 2.05) is 19.9 Å². The summed E-state index contributed by atoms with van der Waals surface area (Å²) in [6.07, 6.45) is 1.86. The summed E-state index contributed by atoms with van der Waals surface area (Å²) < 4.78 is 0. The highest BCUT2D eigenvalue weighted by Gasteiger charge is 1.60. The lowest BCUT2D eigenvalue weighted by Gasteiger charge is -1.76.